The molecule has 0 spiro atoms. The predicted molar refractivity (Wildman–Crippen MR) is 128 cm³/mol. The molecule has 1 atom stereocenters. The summed E-state index contributed by atoms with van der Waals surface area (Å²) < 4.78 is 16.9. The highest BCUT2D eigenvalue weighted by atomic mass is 16.5. The van der Waals surface area contributed by atoms with E-state index in [1.54, 1.807) is 45.4 Å². The fourth-order valence-corrected chi connectivity index (χ4v) is 3.88. The summed E-state index contributed by atoms with van der Waals surface area (Å²) in [5, 5.41) is 3.36. The summed E-state index contributed by atoms with van der Waals surface area (Å²) in [4.78, 5) is 26.3. The highest BCUT2D eigenvalue weighted by Gasteiger charge is 2.21. The van der Waals surface area contributed by atoms with Gasteiger partial charge in [-0.1, -0.05) is 36.4 Å². The summed E-state index contributed by atoms with van der Waals surface area (Å²) in [6, 6.07) is 19.5. The van der Waals surface area contributed by atoms with E-state index < -0.39 is 0 Å². The van der Waals surface area contributed by atoms with Crippen molar-refractivity contribution >= 4 is 16.9 Å². The number of amides is 1. The lowest BCUT2D eigenvalue weighted by Crippen LogP contribution is -2.27. The Bertz CT molecular complexity index is 1370. The molecule has 1 aromatic heterocycles. The van der Waals surface area contributed by atoms with E-state index in [2.05, 4.69) is 5.32 Å². The summed E-state index contributed by atoms with van der Waals surface area (Å²) in [5.74, 6) is 1.37. The third kappa shape index (κ3) is 4.20. The quantitative estimate of drug-likeness (QED) is 0.439. The Morgan fingerprint density at radius 2 is 1.73 bits per heavy atom. The first kappa shape index (κ1) is 22.1. The van der Waals surface area contributed by atoms with Crippen LogP contribution >= 0.6 is 0 Å². The summed E-state index contributed by atoms with van der Waals surface area (Å²) in [6.45, 7) is 3.60. The van der Waals surface area contributed by atoms with Crippen LogP contribution in [0.3, 0.4) is 0 Å². The molecule has 168 valence electrons. The molecule has 4 aromatic rings. The maximum atomic E-state index is 13.3. The number of para-hydroxylation sites is 1. The van der Waals surface area contributed by atoms with Gasteiger partial charge in [0.25, 0.3) is 5.91 Å². The van der Waals surface area contributed by atoms with Gasteiger partial charge in [-0.2, -0.15) is 0 Å². The van der Waals surface area contributed by atoms with Gasteiger partial charge in [-0.05, 0) is 38.1 Å². The van der Waals surface area contributed by atoms with Crippen LogP contribution in [0.1, 0.15) is 34.5 Å². The van der Waals surface area contributed by atoms with Crippen molar-refractivity contribution in [2.75, 3.05) is 14.2 Å². The normalized spacial score (nSPS) is 11.8. The van der Waals surface area contributed by atoms with Crippen LogP contribution in [0, 0.1) is 6.92 Å². The van der Waals surface area contributed by atoms with E-state index in [-0.39, 0.29) is 23.0 Å². The number of fused-ring (bicyclic) bond motifs is 1. The second kappa shape index (κ2) is 9.20. The highest BCUT2D eigenvalue weighted by molar-refractivity contribution is 6.05. The van der Waals surface area contributed by atoms with Crippen molar-refractivity contribution in [3.05, 3.63) is 93.6 Å². The summed E-state index contributed by atoms with van der Waals surface area (Å²) >= 11 is 0. The van der Waals surface area contributed by atoms with Gasteiger partial charge in [0, 0.05) is 22.8 Å². The summed E-state index contributed by atoms with van der Waals surface area (Å²) in [5.41, 5.74) is 2.48. The van der Waals surface area contributed by atoms with Gasteiger partial charge in [-0.15, -0.1) is 0 Å². The molecule has 0 aliphatic rings. The number of hydrogen-bond acceptors (Lipinski definition) is 5. The number of ether oxygens (including phenoxy) is 2. The van der Waals surface area contributed by atoms with Crippen molar-refractivity contribution in [1.29, 1.82) is 0 Å². The minimum Gasteiger partial charge on any atom is -0.497 e. The lowest BCUT2D eigenvalue weighted by molar-refractivity contribution is 0.0940. The highest BCUT2D eigenvalue weighted by Crippen LogP contribution is 2.31. The van der Waals surface area contributed by atoms with Crippen LogP contribution in [0.4, 0.5) is 0 Å². The topological polar surface area (TPSA) is 77.8 Å². The van der Waals surface area contributed by atoms with Crippen molar-refractivity contribution < 1.29 is 18.7 Å². The maximum absolute atomic E-state index is 13.3. The summed E-state index contributed by atoms with van der Waals surface area (Å²) in [6.07, 6.45) is 0. The molecular weight excluding hydrogens is 418 g/mol. The standard InChI is InChI=1S/C27H25NO5/c1-16-24(29)21-11-8-12-22(26(21)33-25(16)18-9-6-5-7-10-18)27(30)28-17(2)20-14-13-19(31-3)15-23(20)32-4/h5-15,17H,1-4H3,(H,28,30). The molecule has 4 rings (SSSR count). The Morgan fingerprint density at radius 3 is 2.42 bits per heavy atom. The van der Waals surface area contributed by atoms with E-state index in [4.69, 9.17) is 13.9 Å². The van der Waals surface area contributed by atoms with Crippen molar-refractivity contribution in [2.24, 2.45) is 0 Å². The molecule has 6 nitrogen and oxygen atoms in total. The molecule has 1 unspecified atom stereocenters. The zero-order valence-corrected chi connectivity index (χ0v) is 19.0. The van der Waals surface area contributed by atoms with Crippen molar-refractivity contribution in [3.8, 4) is 22.8 Å². The Kier molecular flexibility index (Phi) is 6.18. The number of carbonyl (C=O) groups excluding carboxylic acids is 1. The van der Waals surface area contributed by atoms with Gasteiger partial charge in [0.2, 0.25) is 0 Å². The molecule has 1 heterocycles. The molecule has 1 amide bonds. The number of benzene rings is 3. The molecule has 0 saturated carbocycles. The lowest BCUT2D eigenvalue weighted by atomic mass is 10.0. The zero-order chi connectivity index (χ0) is 23.5. The maximum Gasteiger partial charge on any atom is 0.255 e. The van der Waals surface area contributed by atoms with Gasteiger partial charge >= 0.3 is 0 Å². The predicted octanol–water partition coefficient (Wildman–Crippen LogP) is 5.28. The van der Waals surface area contributed by atoms with E-state index in [9.17, 15) is 9.59 Å². The van der Waals surface area contributed by atoms with Crippen LogP contribution in [-0.4, -0.2) is 20.1 Å². The molecule has 0 aliphatic carbocycles. The molecule has 0 saturated heterocycles. The van der Waals surface area contributed by atoms with Crippen LogP contribution in [0.15, 0.2) is 75.9 Å². The number of carbonyl (C=O) groups is 1. The molecule has 6 heteroatoms. The average Bonchev–Trinajstić information content (AvgIpc) is 2.85. The first-order chi connectivity index (χ1) is 15.9. The molecule has 3 aromatic carbocycles. The number of rotatable bonds is 6. The van der Waals surface area contributed by atoms with Crippen LogP contribution in [0.5, 0.6) is 11.5 Å². The molecule has 33 heavy (non-hydrogen) atoms. The number of hydrogen-bond donors (Lipinski definition) is 1. The minimum atomic E-state index is -0.362. The van der Waals surface area contributed by atoms with Gasteiger partial charge in [0.05, 0.1) is 31.2 Å². The first-order valence-electron chi connectivity index (χ1n) is 10.6. The summed E-state index contributed by atoms with van der Waals surface area (Å²) in [7, 11) is 3.15. The van der Waals surface area contributed by atoms with Gasteiger partial charge < -0.3 is 19.2 Å². The Morgan fingerprint density at radius 1 is 0.970 bits per heavy atom. The van der Waals surface area contributed by atoms with Crippen molar-refractivity contribution in [2.45, 2.75) is 19.9 Å². The third-order valence-corrected chi connectivity index (χ3v) is 5.68. The van der Waals surface area contributed by atoms with Crippen LogP contribution in [0.25, 0.3) is 22.3 Å². The monoisotopic (exact) mass is 443 g/mol. The van der Waals surface area contributed by atoms with Gasteiger partial charge in [-0.25, -0.2) is 0 Å². The molecule has 0 aliphatic heterocycles. The third-order valence-electron chi connectivity index (χ3n) is 5.68. The van der Waals surface area contributed by atoms with E-state index >= 15 is 0 Å². The second-order valence-electron chi connectivity index (χ2n) is 7.74. The van der Waals surface area contributed by atoms with Crippen molar-refractivity contribution in [1.82, 2.24) is 5.32 Å². The van der Waals surface area contributed by atoms with Crippen LogP contribution in [-0.2, 0) is 0 Å². The smallest absolute Gasteiger partial charge is 0.255 e. The van der Waals surface area contributed by atoms with E-state index in [1.165, 1.54) is 0 Å². The largest absolute Gasteiger partial charge is 0.497 e. The fraction of sp³-hybridized carbons (Fsp3) is 0.185. The van der Waals surface area contributed by atoms with E-state index in [1.807, 2.05) is 49.4 Å². The Balaban J connectivity index is 1.75. The molecule has 0 radical (unpaired) electrons. The van der Waals surface area contributed by atoms with E-state index in [0.29, 0.717) is 33.8 Å². The first-order valence-corrected chi connectivity index (χ1v) is 10.6. The Hall–Kier alpha value is -4.06. The fourth-order valence-electron chi connectivity index (χ4n) is 3.88. The van der Waals surface area contributed by atoms with Gasteiger partial charge in [-0.3, -0.25) is 9.59 Å². The van der Waals surface area contributed by atoms with Crippen molar-refractivity contribution in [3.63, 3.8) is 0 Å². The molecule has 1 N–H and O–H groups in total. The number of methoxy groups -OCH3 is 2. The van der Waals surface area contributed by atoms with Crippen LogP contribution in [0.2, 0.25) is 0 Å². The SMILES string of the molecule is COc1ccc(C(C)NC(=O)c2cccc3c(=O)c(C)c(-c4ccccc4)oc23)c(OC)c1. The average molecular weight is 443 g/mol. The zero-order valence-electron chi connectivity index (χ0n) is 19.0. The van der Waals surface area contributed by atoms with Crippen LogP contribution < -0.4 is 20.2 Å². The van der Waals surface area contributed by atoms with E-state index in [0.717, 1.165) is 11.1 Å². The Labute approximate surface area is 191 Å². The minimum absolute atomic E-state index is 0.158. The number of nitrogens with one attached hydrogen (secondary N) is 1. The molecule has 0 bridgehead atoms. The lowest BCUT2D eigenvalue weighted by Gasteiger charge is -2.18. The second-order valence-corrected chi connectivity index (χ2v) is 7.74. The van der Waals surface area contributed by atoms with Gasteiger partial charge in [0.15, 0.2) is 11.0 Å². The molecular formula is C27H25NO5. The van der Waals surface area contributed by atoms with Gasteiger partial charge in [0.1, 0.15) is 17.3 Å². The molecule has 0 fully saturated rings.